The highest BCUT2D eigenvalue weighted by Crippen LogP contribution is 2.19. The highest BCUT2D eigenvalue weighted by atomic mass is 79.9. The van der Waals surface area contributed by atoms with Crippen molar-refractivity contribution in [2.45, 2.75) is 38.6 Å². The summed E-state index contributed by atoms with van der Waals surface area (Å²) in [5.41, 5.74) is 6.91. The van der Waals surface area contributed by atoms with Crippen LogP contribution in [-0.2, 0) is 12.8 Å². The molecule has 1 unspecified atom stereocenters. The number of halogens is 1. The number of nitrogens with two attached hydrogens (primary N) is 1. The summed E-state index contributed by atoms with van der Waals surface area (Å²) in [6, 6.07) is 17.4. The van der Waals surface area contributed by atoms with Gasteiger partial charge in [0.25, 0.3) is 0 Å². The number of hydrogen-bond donors (Lipinski definition) is 2. The maximum absolute atomic E-state index is 5.73. The molecule has 2 rings (SSSR count). The Hall–Kier alpha value is -1.16. The Morgan fingerprint density at radius 3 is 2.24 bits per heavy atom. The van der Waals surface area contributed by atoms with Crippen molar-refractivity contribution in [1.29, 1.82) is 0 Å². The van der Waals surface area contributed by atoms with Crippen LogP contribution in [0.1, 0.15) is 36.5 Å². The number of benzene rings is 2. The molecule has 0 radical (unpaired) electrons. The average Bonchev–Trinajstić information content (AvgIpc) is 2.49. The minimum Gasteiger partial charge on any atom is -0.271 e. The van der Waals surface area contributed by atoms with Crippen molar-refractivity contribution >= 4 is 15.9 Å². The minimum absolute atomic E-state index is 0.230. The first-order valence-electron chi connectivity index (χ1n) is 7.38. The topological polar surface area (TPSA) is 38.0 Å². The molecule has 1 atom stereocenters. The molecular weight excluding hydrogens is 324 g/mol. The zero-order valence-electron chi connectivity index (χ0n) is 12.6. The summed E-state index contributed by atoms with van der Waals surface area (Å²) >= 11 is 3.60. The summed E-state index contributed by atoms with van der Waals surface area (Å²) in [7, 11) is 0. The van der Waals surface area contributed by atoms with Crippen LogP contribution in [0.15, 0.2) is 53.0 Å². The molecule has 2 aromatic rings. The number of rotatable bonds is 6. The fourth-order valence-electron chi connectivity index (χ4n) is 2.44. The van der Waals surface area contributed by atoms with Gasteiger partial charge in [0.1, 0.15) is 0 Å². The van der Waals surface area contributed by atoms with Crippen molar-refractivity contribution in [3.05, 3.63) is 69.7 Å². The van der Waals surface area contributed by atoms with E-state index < -0.39 is 0 Å². The molecule has 0 aliphatic rings. The van der Waals surface area contributed by atoms with Crippen LogP contribution in [0.5, 0.6) is 0 Å². The molecule has 21 heavy (non-hydrogen) atoms. The molecule has 2 aromatic carbocycles. The summed E-state index contributed by atoms with van der Waals surface area (Å²) in [6.07, 6.45) is 1.83. The van der Waals surface area contributed by atoms with E-state index in [0.717, 1.165) is 17.3 Å². The number of hydrazine groups is 1. The van der Waals surface area contributed by atoms with Crippen molar-refractivity contribution < 1.29 is 0 Å². The lowest BCUT2D eigenvalue weighted by molar-refractivity contribution is 0.522. The first kappa shape index (κ1) is 16.2. The van der Waals surface area contributed by atoms with Crippen LogP contribution in [0.3, 0.4) is 0 Å². The monoisotopic (exact) mass is 346 g/mol. The van der Waals surface area contributed by atoms with Gasteiger partial charge in [-0.3, -0.25) is 11.3 Å². The Bertz CT molecular complexity index is 564. The molecule has 2 nitrogen and oxygen atoms in total. The van der Waals surface area contributed by atoms with Crippen molar-refractivity contribution in [2.75, 3.05) is 0 Å². The quantitative estimate of drug-likeness (QED) is 0.607. The number of nitrogens with one attached hydrogen (secondary N) is 1. The molecule has 0 aliphatic heterocycles. The van der Waals surface area contributed by atoms with Crippen LogP contribution in [0, 0.1) is 0 Å². The van der Waals surface area contributed by atoms with Crippen molar-refractivity contribution in [2.24, 2.45) is 5.84 Å². The fourth-order valence-corrected chi connectivity index (χ4v) is 2.89. The Balaban J connectivity index is 2.03. The zero-order valence-corrected chi connectivity index (χ0v) is 14.2. The Labute approximate surface area is 135 Å². The van der Waals surface area contributed by atoms with Gasteiger partial charge in [-0.2, -0.15) is 0 Å². The molecule has 0 aromatic heterocycles. The lowest BCUT2D eigenvalue weighted by Crippen LogP contribution is -2.38. The molecule has 0 bridgehead atoms. The van der Waals surface area contributed by atoms with Crippen LogP contribution >= 0.6 is 15.9 Å². The van der Waals surface area contributed by atoms with Crippen LogP contribution < -0.4 is 11.3 Å². The largest absolute Gasteiger partial charge is 0.271 e. The van der Waals surface area contributed by atoms with E-state index in [1.807, 2.05) is 6.07 Å². The molecular formula is C18H23BrN2. The Morgan fingerprint density at radius 2 is 1.67 bits per heavy atom. The lowest BCUT2D eigenvalue weighted by Gasteiger charge is -2.17. The molecule has 0 fully saturated rings. The van der Waals surface area contributed by atoms with Gasteiger partial charge < -0.3 is 0 Å². The minimum atomic E-state index is 0.230. The fraction of sp³-hybridized carbons (Fsp3) is 0.333. The predicted molar refractivity (Wildman–Crippen MR) is 93.2 cm³/mol. The van der Waals surface area contributed by atoms with Gasteiger partial charge in [-0.1, -0.05) is 72.2 Å². The van der Waals surface area contributed by atoms with Gasteiger partial charge in [0.15, 0.2) is 0 Å². The van der Waals surface area contributed by atoms with E-state index in [-0.39, 0.29) is 6.04 Å². The van der Waals surface area contributed by atoms with Crippen LogP contribution in [0.4, 0.5) is 0 Å². The SMILES string of the molecule is CC(C)c1ccc(CC(Cc2ccccc2Br)NN)cc1. The van der Waals surface area contributed by atoms with Crippen LogP contribution in [0.25, 0.3) is 0 Å². The summed E-state index contributed by atoms with van der Waals surface area (Å²) in [4.78, 5) is 0. The summed E-state index contributed by atoms with van der Waals surface area (Å²) in [6.45, 7) is 4.43. The van der Waals surface area contributed by atoms with E-state index >= 15 is 0 Å². The van der Waals surface area contributed by atoms with E-state index in [1.54, 1.807) is 0 Å². The van der Waals surface area contributed by atoms with Gasteiger partial charge in [0.2, 0.25) is 0 Å². The van der Waals surface area contributed by atoms with Crippen molar-refractivity contribution in [1.82, 2.24) is 5.43 Å². The lowest BCUT2D eigenvalue weighted by atomic mass is 9.96. The summed E-state index contributed by atoms with van der Waals surface area (Å²) in [5.74, 6) is 6.30. The predicted octanol–water partition coefficient (Wildman–Crippen LogP) is 4.19. The molecule has 3 N–H and O–H groups in total. The second kappa shape index (κ2) is 7.74. The molecule has 0 amide bonds. The highest BCUT2D eigenvalue weighted by Gasteiger charge is 2.11. The second-order valence-corrected chi connectivity index (χ2v) is 6.61. The molecule has 0 saturated heterocycles. The van der Waals surface area contributed by atoms with Crippen molar-refractivity contribution in [3.8, 4) is 0 Å². The van der Waals surface area contributed by atoms with Gasteiger partial charge in [-0.05, 0) is 41.5 Å². The Morgan fingerprint density at radius 1 is 1.00 bits per heavy atom. The van der Waals surface area contributed by atoms with E-state index in [2.05, 4.69) is 77.7 Å². The van der Waals surface area contributed by atoms with Gasteiger partial charge in [0.05, 0.1) is 0 Å². The third-order valence-electron chi connectivity index (χ3n) is 3.79. The van der Waals surface area contributed by atoms with Gasteiger partial charge in [0, 0.05) is 10.5 Å². The molecule has 0 heterocycles. The van der Waals surface area contributed by atoms with Gasteiger partial charge >= 0.3 is 0 Å². The summed E-state index contributed by atoms with van der Waals surface area (Å²) in [5, 5.41) is 0. The van der Waals surface area contributed by atoms with Crippen LogP contribution in [-0.4, -0.2) is 6.04 Å². The molecule has 112 valence electrons. The molecule has 0 aliphatic carbocycles. The first-order chi connectivity index (χ1) is 10.1. The maximum atomic E-state index is 5.73. The first-order valence-corrected chi connectivity index (χ1v) is 8.18. The van der Waals surface area contributed by atoms with Gasteiger partial charge in [-0.25, -0.2) is 0 Å². The normalized spacial score (nSPS) is 12.6. The highest BCUT2D eigenvalue weighted by molar-refractivity contribution is 9.10. The smallest absolute Gasteiger partial charge is 0.0291 e. The van der Waals surface area contributed by atoms with E-state index in [4.69, 9.17) is 5.84 Å². The standard InChI is InChI=1S/C18H23BrN2/c1-13(2)15-9-7-14(8-10-15)11-17(21-20)12-16-5-3-4-6-18(16)19/h3-10,13,17,21H,11-12,20H2,1-2H3. The van der Waals surface area contributed by atoms with Crippen molar-refractivity contribution in [3.63, 3.8) is 0 Å². The maximum Gasteiger partial charge on any atom is 0.0291 e. The van der Waals surface area contributed by atoms with E-state index in [9.17, 15) is 0 Å². The molecule has 0 saturated carbocycles. The second-order valence-electron chi connectivity index (χ2n) is 5.76. The van der Waals surface area contributed by atoms with E-state index in [1.165, 1.54) is 16.7 Å². The van der Waals surface area contributed by atoms with Crippen LogP contribution in [0.2, 0.25) is 0 Å². The van der Waals surface area contributed by atoms with Gasteiger partial charge in [-0.15, -0.1) is 0 Å². The summed E-state index contributed by atoms with van der Waals surface area (Å²) < 4.78 is 1.14. The average molecular weight is 347 g/mol. The Kier molecular flexibility index (Phi) is 5.97. The molecule has 3 heteroatoms. The third kappa shape index (κ3) is 4.67. The molecule has 0 spiro atoms. The zero-order chi connectivity index (χ0) is 15.2. The number of hydrogen-bond acceptors (Lipinski definition) is 2. The van der Waals surface area contributed by atoms with E-state index in [0.29, 0.717) is 5.92 Å². The third-order valence-corrected chi connectivity index (χ3v) is 4.56.